The van der Waals surface area contributed by atoms with Crippen LogP contribution in [-0.4, -0.2) is 63.8 Å². The Balaban J connectivity index is 1.49. The standard InChI is InChI=1S/C25H28N6O6/c1-2-16-6-3-4-7-19(16)30-25(36)31-20(23(34)35)15-29-22(33)18-9-8-17(14-21(18)32)37-13-12-28-24-26-10-5-11-27-24/h3-11,14,20,32H,2,12-13,15H2,1H3,(H,29,33)(H,34,35)(H,26,27,28)(H2,30,31,36)/t20-/m0/s1. The van der Waals surface area contributed by atoms with E-state index in [4.69, 9.17) is 4.74 Å². The molecule has 194 valence electrons. The minimum Gasteiger partial charge on any atom is -0.507 e. The van der Waals surface area contributed by atoms with Crippen molar-refractivity contribution in [1.82, 2.24) is 20.6 Å². The summed E-state index contributed by atoms with van der Waals surface area (Å²) in [7, 11) is 0. The minimum atomic E-state index is -1.40. The van der Waals surface area contributed by atoms with Gasteiger partial charge in [-0.1, -0.05) is 25.1 Å². The topological polar surface area (TPSA) is 175 Å². The molecule has 12 nitrogen and oxygen atoms in total. The number of amides is 3. The summed E-state index contributed by atoms with van der Waals surface area (Å²) in [5.41, 5.74) is 1.38. The van der Waals surface area contributed by atoms with Crippen molar-refractivity contribution in [2.45, 2.75) is 19.4 Å². The fourth-order valence-corrected chi connectivity index (χ4v) is 3.27. The molecule has 1 atom stereocenters. The molecule has 12 heteroatoms. The van der Waals surface area contributed by atoms with Crippen LogP contribution in [0.15, 0.2) is 60.9 Å². The van der Waals surface area contributed by atoms with E-state index in [0.717, 1.165) is 5.56 Å². The van der Waals surface area contributed by atoms with Crippen LogP contribution in [0.1, 0.15) is 22.8 Å². The molecule has 0 saturated carbocycles. The van der Waals surface area contributed by atoms with E-state index in [1.807, 2.05) is 19.1 Å². The van der Waals surface area contributed by atoms with E-state index in [0.29, 0.717) is 30.4 Å². The molecule has 1 heterocycles. The second kappa shape index (κ2) is 13.3. The molecule has 0 saturated heterocycles. The quantitative estimate of drug-likeness (QED) is 0.200. The van der Waals surface area contributed by atoms with Crippen LogP contribution in [0.5, 0.6) is 11.5 Å². The molecule has 0 fully saturated rings. The van der Waals surface area contributed by atoms with Crippen molar-refractivity contribution in [1.29, 1.82) is 0 Å². The molecule has 3 rings (SSSR count). The second-order valence-electron chi connectivity index (χ2n) is 7.74. The van der Waals surface area contributed by atoms with Crippen molar-refractivity contribution < 1.29 is 29.3 Å². The summed E-state index contributed by atoms with van der Waals surface area (Å²) in [5.74, 6) is -1.60. The zero-order valence-corrected chi connectivity index (χ0v) is 20.1. The number of phenols is 1. The molecule has 0 radical (unpaired) electrons. The Morgan fingerprint density at radius 3 is 2.51 bits per heavy atom. The average molecular weight is 509 g/mol. The third kappa shape index (κ3) is 8.09. The number of hydrogen-bond acceptors (Lipinski definition) is 8. The van der Waals surface area contributed by atoms with E-state index in [9.17, 15) is 24.6 Å². The van der Waals surface area contributed by atoms with Gasteiger partial charge in [0.05, 0.1) is 12.1 Å². The maximum Gasteiger partial charge on any atom is 0.328 e. The fraction of sp³-hybridized carbons (Fsp3) is 0.240. The van der Waals surface area contributed by atoms with Crippen molar-refractivity contribution in [3.8, 4) is 11.5 Å². The highest BCUT2D eigenvalue weighted by atomic mass is 16.5. The van der Waals surface area contributed by atoms with E-state index in [-0.39, 0.29) is 17.9 Å². The number of carbonyl (C=O) groups is 3. The summed E-state index contributed by atoms with van der Waals surface area (Å²) in [5, 5.41) is 30.1. The summed E-state index contributed by atoms with van der Waals surface area (Å²) >= 11 is 0. The largest absolute Gasteiger partial charge is 0.507 e. The summed E-state index contributed by atoms with van der Waals surface area (Å²) in [6.07, 6.45) is 3.89. The van der Waals surface area contributed by atoms with E-state index in [2.05, 4.69) is 31.2 Å². The van der Waals surface area contributed by atoms with Crippen LogP contribution in [-0.2, 0) is 11.2 Å². The molecule has 2 aromatic carbocycles. The van der Waals surface area contributed by atoms with Gasteiger partial charge in [0.2, 0.25) is 5.95 Å². The number of benzene rings is 2. The molecule has 0 spiro atoms. The number of hydrogen-bond donors (Lipinski definition) is 6. The van der Waals surface area contributed by atoms with Crippen LogP contribution >= 0.6 is 0 Å². The number of nitrogens with one attached hydrogen (secondary N) is 4. The number of para-hydroxylation sites is 1. The number of carboxylic acids is 1. The maximum atomic E-state index is 12.5. The van der Waals surface area contributed by atoms with Crippen LogP contribution in [0, 0.1) is 0 Å². The van der Waals surface area contributed by atoms with Crippen molar-refractivity contribution in [2.75, 3.05) is 30.3 Å². The number of aryl methyl sites for hydroxylation is 1. The lowest BCUT2D eigenvalue weighted by atomic mass is 10.1. The smallest absolute Gasteiger partial charge is 0.328 e. The fourth-order valence-electron chi connectivity index (χ4n) is 3.27. The lowest BCUT2D eigenvalue weighted by molar-refractivity contribution is -0.138. The number of anilines is 2. The van der Waals surface area contributed by atoms with Crippen LogP contribution < -0.4 is 26.0 Å². The first-order valence-corrected chi connectivity index (χ1v) is 11.5. The Morgan fingerprint density at radius 2 is 1.81 bits per heavy atom. The molecule has 0 aliphatic rings. The molecule has 37 heavy (non-hydrogen) atoms. The van der Waals surface area contributed by atoms with Gasteiger partial charge in [-0.05, 0) is 36.2 Å². The molecule has 6 N–H and O–H groups in total. The average Bonchev–Trinajstić information content (AvgIpc) is 2.89. The van der Waals surface area contributed by atoms with E-state index in [1.54, 1.807) is 30.6 Å². The van der Waals surface area contributed by atoms with Crippen LogP contribution in [0.25, 0.3) is 0 Å². The predicted octanol–water partition coefficient (Wildman–Crippen LogP) is 2.24. The van der Waals surface area contributed by atoms with Gasteiger partial charge in [-0.25, -0.2) is 19.6 Å². The number of nitrogens with zero attached hydrogens (tertiary/aromatic N) is 2. The highest BCUT2D eigenvalue weighted by molar-refractivity contribution is 5.97. The van der Waals surface area contributed by atoms with Gasteiger partial charge in [-0.3, -0.25) is 4.79 Å². The number of ether oxygens (including phenoxy) is 1. The molecule has 0 aliphatic heterocycles. The molecule has 3 aromatic rings. The van der Waals surface area contributed by atoms with Crippen molar-refractivity contribution in [3.63, 3.8) is 0 Å². The highest BCUT2D eigenvalue weighted by Crippen LogP contribution is 2.23. The van der Waals surface area contributed by atoms with Gasteiger partial charge in [0.15, 0.2) is 0 Å². The van der Waals surface area contributed by atoms with Gasteiger partial charge >= 0.3 is 12.0 Å². The predicted molar refractivity (Wildman–Crippen MR) is 136 cm³/mol. The number of rotatable bonds is 12. The number of aromatic hydroxyl groups is 1. The molecule has 0 bridgehead atoms. The Labute approximate surface area is 213 Å². The lowest BCUT2D eigenvalue weighted by Crippen LogP contribution is -2.49. The highest BCUT2D eigenvalue weighted by Gasteiger charge is 2.22. The number of phenolic OH excluding ortho intramolecular Hbond substituents is 1. The summed E-state index contributed by atoms with van der Waals surface area (Å²) in [6, 6.07) is 10.9. The first kappa shape index (κ1) is 26.7. The Hall–Kier alpha value is -4.87. The van der Waals surface area contributed by atoms with Crippen LogP contribution in [0.3, 0.4) is 0 Å². The Bertz CT molecular complexity index is 1220. The number of urea groups is 1. The van der Waals surface area contributed by atoms with Crippen molar-refractivity contribution in [2.24, 2.45) is 0 Å². The SMILES string of the molecule is CCc1ccccc1NC(=O)N[C@@H](CNC(=O)c1ccc(OCCNc2ncccn2)cc1O)C(=O)O. The van der Waals surface area contributed by atoms with Crippen LogP contribution in [0.2, 0.25) is 0 Å². The van der Waals surface area contributed by atoms with Gasteiger partial charge in [-0.2, -0.15) is 0 Å². The van der Waals surface area contributed by atoms with Gasteiger partial charge in [-0.15, -0.1) is 0 Å². The third-order valence-electron chi connectivity index (χ3n) is 5.15. The first-order chi connectivity index (χ1) is 17.9. The van der Waals surface area contributed by atoms with E-state index >= 15 is 0 Å². The first-order valence-electron chi connectivity index (χ1n) is 11.5. The monoisotopic (exact) mass is 508 g/mol. The van der Waals surface area contributed by atoms with Crippen LogP contribution in [0.4, 0.5) is 16.4 Å². The molecule has 3 amide bonds. The van der Waals surface area contributed by atoms with E-state index in [1.165, 1.54) is 18.2 Å². The second-order valence-corrected chi connectivity index (χ2v) is 7.74. The lowest BCUT2D eigenvalue weighted by Gasteiger charge is -2.17. The minimum absolute atomic E-state index is 0.0753. The summed E-state index contributed by atoms with van der Waals surface area (Å²) < 4.78 is 5.54. The normalized spacial score (nSPS) is 11.2. The van der Waals surface area contributed by atoms with Gasteiger partial charge in [0, 0.05) is 30.7 Å². The number of carboxylic acid groups (broad SMARTS) is 1. The van der Waals surface area contributed by atoms with E-state index < -0.39 is 30.5 Å². The third-order valence-corrected chi connectivity index (χ3v) is 5.15. The van der Waals surface area contributed by atoms with Gasteiger partial charge < -0.3 is 36.2 Å². The summed E-state index contributed by atoms with van der Waals surface area (Å²) in [4.78, 5) is 44.5. The molecule has 0 unspecified atom stereocenters. The molecular formula is C25H28N6O6. The maximum absolute atomic E-state index is 12.5. The van der Waals surface area contributed by atoms with Gasteiger partial charge in [0.1, 0.15) is 24.1 Å². The zero-order chi connectivity index (χ0) is 26.6. The number of aromatic nitrogens is 2. The Morgan fingerprint density at radius 1 is 1.05 bits per heavy atom. The van der Waals surface area contributed by atoms with Crippen molar-refractivity contribution >= 4 is 29.5 Å². The Kier molecular flexibility index (Phi) is 9.59. The molecular weight excluding hydrogens is 480 g/mol. The molecule has 1 aromatic heterocycles. The zero-order valence-electron chi connectivity index (χ0n) is 20.1. The summed E-state index contributed by atoms with van der Waals surface area (Å²) in [6.45, 7) is 2.19. The number of aliphatic carboxylic acids is 1. The van der Waals surface area contributed by atoms with Gasteiger partial charge in [0.25, 0.3) is 5.91 Å². The van der Waals surface area contributed by atoms with Crippen molar-refractivity contribution in [3.05, 3.63) is 72.1 Å². The number of carbonyl (C=O) groups excluding carboxylic acids is 2. The molecule has 0 aliphatic carbocycles.